The molecule has 0 bridgehead atoms. The van der Waals surface area contributed by atoms with E-state index in [2.05, 4.69) is 10.2 Å². The van der Waals surface area contributed by atoms with E-state index in [9.17, 15) is 36.2 Å². The van der Waals surface area contributed by atoms with E-state index >= 15 is 0 Å². The number of piperidine rings is 1. The molecule has 38 heavy (non-hydrogen) atoms. The number of carbonyl (C=O) groups is 1. The minimum absolute atomic E-state index is 0.0877. The fraction of sp³-hybridized carbons (Fsp3) is 0.536. The predicted molar refractivity (Wildman–Crippen MR) is 130 cm³/mol. The van der Waals surface area contributed by atoms with Gasteiger partial charge in [-0.3, -0.25) is 4.79 Å². The van der Waals surface area contributed by atoms with Crippen molar-refractivity contribution in [1.29, 1.82) is 0 Å². The molecule has 2 aromatic rings. The molecule has 0 spiro atoms. The zero-order chi connectivity index (χ0) is 27.7. The average Bonchev–Trinajstić information content (AvgIpc) is 2.88. The molecule has 0 unspecified atom stereocenters. The van der Waals surface area contributed by atoms with Crippen molar-refractivity contribution in [2.24, 2.45) is 0 Å². The molecule has 1 saturated heterocycles. The number of aliphatic hydroxyl groups is 1. The summed E-state index contributed by atoms with van der Waals surface area (Å²) in [6.45, 7) is 2.96. The zero-order valence-corrected chi connectivity index (χ0v) is 21.1. The van der Waals surface area contributed by atoms with Gasteiger partial charge in [0, 0.05) is 19.1 Å². The number of aliphatic hydroxyl groups excluding tert-OH is 1. The van der Waals surface area contributed by atoms with Crippen molar-refractivity contribution in [3.63, 3.8) is 0 Å². The topological polar surface area (TPSA) is 52.6 Å². The molecular weight excluding hydrogens is 510 g/mol. The molecule has 4 nitrogen and oxygen atoms in total. The molecule has 0 aromatic heterocycles. The summed E-state index contributed by atoms with van der Waals surface area (Å²) >= 11 is 0. The van der Waals surface area contributed by atoms with E-state index in [0.717, 1.165) is 18.7 Å². The Balaban J connectivity index is 1.58. The Labute approximate surface area is 218 Å². The fourth-order valence-corrected chi connectivity index (χ4v) is 5.76. The number of amides is 1. The Morgan fingerprint density at radius 1 is 0.921 bits per heavy atom. The third-order valence-corrected chi connectivity index (χ3v) is 8.04. The number of hydrogen-bond acceptors (Lipinski definition) is 3. The minimum Gasteiger partial charge on any atom is -0.393 e. The van der Waals surface area contributed by atoms with E-state index in [4.69, 9.17) is 0 Å². The molecule has 10 heteroatoms. The number of hydrogen-bond donors (Lipinski definition) is 2. The van der Waals surface area contributed by atoms with Gasteiger partial charge in [0.2, 0.25) is 5.91 Å². The van der Waals surface area contributed by atoms with Crippen molar-refractivity contribution in [3.8, 4) is 0 Å². The van der Waals surface area contributed by atoms with Gasteiger partial charge in [0.1, 0.15) is 0 Å². The summed E-state index contributed by atoms with van der Waals surface area (Å²) in [5.41, 5.74) is -3.25. The van der Waals surface area contributed by atoms with E-state index in [-0.39, 0.29) is 23.8 Å². The van der Waals surface area contributed by atoms with Crippen LogP contribution in [0.3, 0.4) is 0 Å². The molecule has 1 aliphatic heterocycles. The fourth-order valence-electron chi connectivity index (χ4n) is 5.76. The highest BCUT2D eigenvalue weighted by Crippen LogP contribution is 2.43. The predicted octanol–water partition coefficient (Wildman–Crippen LogP) is 6.24. The van der Waals surface area contributed by atoms with E-state index in [1.807, 2.05) is 30.3 Å². The Bertz CT molecular complexity index is 1070. The van der Waals surface area contributed by atoms with Crippen LogP contribution in [0, 0.1) is 0 Å². The summed E-state index contributed by atoms with van der Waals surface area (Å²) in [7, 11) is 0. The second kappa shape index (κ2) is 10.9. The Morgan fingerprint density at radius 3 is 1.95 bits per heavy atom. The number of nitrogens with zero attached hydrogens (tertiary/aromatic N) is 1. The van der Waals surface area contributed by atoms with Crippen LogP contribution in [0.4, 0.5) is 26.3 Å². The second-order valence-electron chi connectivity index (χ2n) is 10.5. The zero-order valence-electron chi connectivity index (χ0n) is 21.1. The van der Waals surface area contributed by atoms with Crippen molar-refractivity contribution in [3.05, 3.63) is 70.8 Å². The number of rotatable bonds is 5. The van der Waals surface area contributed by atoms with Crippen LogP contribution < -0.4 is 5.32 Å². The second-order valence-corrected chi connectivity index (χ2v) is 10.5. The van der Waals surface area contributed by atoms with Gasteiger partial charge >= 0.3 is 12.4 Å². The highest BCUT2D eigenvalue weighted by Gasteiger charge is 2.45. The van der Waals surface area contributed by atoms with Crippen LogP contribution in [0.5, 0.6) is 0 Å². The lowest BCUT2D eigenvalue weighted by Crippen LogP contribution is -2.51. The van der Waals surface area contributed by atoms with E-state index in [0.29, 0.717) is 50.7 Å². The molecule has 2 N–H and O–H groups in total. The SMILES string of the molecule is C[C@H](NC(=O)C1(c2ccccc2)CCC(N2CCC(O)CC2)CC1)c1cc(C(F)(F)F)cc(C(F)(F)F)c1. The molecule has 2 fully saturated rings. The Morgan fingerprint density at radius 2 is 1.45 bits per heavy atom. The molecule has 1 aliphatic carbocycles. The van der Waals surface area contributed by atoms with Crippen LogP contribution >= 0.6 is 0 Å². The summed E-state index contributed by atoms with van der Waals surface area (Å²) in [4.78, 5) is 16.1. The molecule has 208 valence electrons. The lowest BCUT2D eigenvalue weighted by atomic mass is 9.67. The Kier molecular flexibility index (Phi) is 8.14. The van der Waals surface area contributed by atoms with Gasteiger partial charge in [-0.2, -0.15) is 26.3 Å². The molecule has 1 heterocycles. The third kappa shape index (κ3) is 6.17. The molecule has 2 aromatic carbocycles. The van der Waals surface area contributed by atoms with Crippen molar-refractivity contribution < 1.29 is 36.2 Å². The maximum atomic E-state index is 13.8. The normalized spacial score (nSPS) is 24.7. The van der Waals surface area contributed by atoms with Crippen LogP contribution in [0.15, 0.2) is 48.5 Å². The van der Waals surface area contributed by atoms with Crippen LogP contribution in [0.2, 0.25) is 0 Å². The maximum absolute atomic E-state index is 13.8. The first-order chi connectivity index (χ1) is 17.8. The van der Waals surface area contributed by atoms with Gasteiger partial charge in [0.15, 0.2) is 0 Å². The maximum Gasteiger partial charge on any atom is 0.416 e. The van der Waals surface area contributed by atoms with E-state index in [1.165, 1.54) is 6.92 Å². The number of nitrogens with one attached hydrogen (secondary N) is 1. The number of halogens is 6. The van der Waals surface area contributed by atoms with Crippen molar-refractivity contribution in [1.82, 2.24) is 10.2 Å². The lowest BCUT2D eigenvalue weighted by molar-refractivity contribution is -0.143. The van der Waals surface area contributed by atoms with Crippen molar-refractivity contribution >= 4 is 5.91 Å². The first-order valence-electron chi connectivity index (χ1n) is 12.9. The van der Waals surface area contributed by atoms with E-state index in [1.54, 1.807) is 0 Å². The van der Waals surface area contributed by atoms with Gasteiger partial charge in [0.25, 0.3) is 0 Å². The van der Waals surface area contributed by atoms with Gasteiger partial charge < -0.3 is 15.3 Å². The van der Waals surface area contributed by atoms with Crippen LogP contribution in [0.1, 0.15) is 73.7 Å². The molecule has 4 rings (SSSR count). The Hall–Kier alpha value is -2.59. The summed E-state index contributed by atoms with van der Waals surface area (Å²) in [5, 5.41) is 12.6. The summed E-state index contributed by atoms with van der Waals surface area (Å²) in [6.07, 6.45) is -6.39. The molecule has 1 saturated carbocycles. The largest absolute Gasteiger partial charge is 0.416 e. The standard InChI is InChI=1S/C28H32F6N2O2/c1-18(19-15-21(27(29,30)31)17-22(16-19)28(32,33)34)35-25(38)26(20-5-3-2-4-6-20)11-7-23(8-12-26)36-13-9-24(37)10-14-36/h2-6,15-18,23-24,37H,7-14H2,1H3,(H,35,38)/t18-,23?,26?/m0/s1. The third-order valence-electron chi connectivity index (χ3n) is 8.04. The highest BCUT2D eigenvalue weighted by molar-refractivity contribution is 5.88. The molecule has 1 atom stereocenters. The summed E-state index contributed by atoms with van der Waals surface area (Å²) in [5.74, 6) is -0.408. The van der Waals surface area contributed by atoms with Gasteiger partial charge in [-0.1, -0.05) is 30.3 Å². The lowest BCUT2D eigenvalue weighted by Gasteiger charge is -2.44. The highest BCUT2D eigenvalue weighted by atomic mass is 19.4. The quantitative estimate of drug-likeness (QED) is 0.440. The van der Waals surface area contributed by atoms with Crippen LogP contribution in [-0.4, -0.2) is 41.1 Å². The minimum atomic E-state index is -4.96. The van der Waals surface area contributed by atoms with Crippen LogP contribution in [-0.2, 0) is 22.6 Å². The molecule has 2 aliphatic rings. The average molecular weight is 543 g/mol. The van der Waals surface area contributed by atoms with Gasteiger partial charge in [-0.15, -0.1) is 0 Å². The summed E-state index contributed by atoms with van der Waals surface area (Å²) < 4.78 is 80.2. The molecule has 0 radical (unpaired) electrons. The number of alkyl halides is 6. The van der Waals surface area contributed by atoms with Crippen molar-refractivity contribution in [2.75, 3.05) is 13.1 Å². The molecule has 1 amide bonds. The van der Waals surface area contributed by atoms with Crippen molar-refractivity contribution in [2.45, 2.75) is 81.4 Å². The van der Waals surface area contributed by atoms with Crippen LogP contribution in [0.25, 0.3) is 0 Å². The number of carbonyl (C=O) groups excluding carboxylic acids is 1. The van der Waals surface area contributed by atoms with E-state index < -0.39 is 40.8 Å². The monoisotopic (exact) mass is 542 g/mol. The number of benzene rings is 2. The smallest absolute Gasteiger partial charge is 0.393 e. The van der Waals surface area contributed by atoms with Gasteiger partial charge in [0.05, 0.1) is 28.7 Å². The van der Waals surface area contributed by atoms with Gasteiger partial charge in [-0.25, -0.2) is 0 Å². The summed E-state index contributed by atoms with van der Waals surface area (Å²) in [6, 6.07) is 9.72. The first kappa shape index (κ1) is 28.4. The number of likely N-dealkylation sites (tertiary alicyclic amines) is 1. The first-order valence-corrected chi connectivity index (χ1v) is 12.9. The molecular formula is C28H32F6N2O2. The van der Waals surface area contributed by atoms with Gasteiger partial charge in [-0.05, 0) is 74.8 Å².